The highest BCUT2D eigenvalue weighted by atomic mass is 16.6. The van der Waals surface area contributed by atoms with Crippen LogP contribution in [0.2, 0.25) is 0 Å². The van der Waals surface area contributed by atoms with Gasteiger partial charge in [0.2, 0.25) is 0 Å². The Hall–Kier alpha value is -1.06. The second-order valence-corrected chi connectivity index (χ2v) is 3.68. The van der Waals surface area contributed by atoms with E-state index in [0.717, 1.165) is 17.2 Å². The van der Waals surface area contributed by atoms with Crippen LogP contribution in [0.15, 0.2) is 18.2 Å². The normalized spacial score (nSPS) is 28.2. The predicted molar refractivity (Wildman–Crippen MR) is 49.5 cm³/mol. The summed E-state index contributed by atoms with van der Waals surface area (Å²) in [6.07, 6.45) is 1.71. The largest absolute Gasteiger partial charge is 0.758 e. The molecule has 1 heterocycles. The Bertz CT molecular complexity index is 362. The molecule has 13 heavy (non-hydrogen) atoms. The van der Waals surface area contributed by atoms with Crippen molar-refractivity contribution in [2.24, 2.45) is 0 Å². The van der Waals surface area contributed by atoms with E-state index < -0.39 is 0 Å². The molecule has 3 nitrogen and oxygen atoms in total. The molecule has 2 aliphatic rings. The van der Waals surface area contributed by atoms with Gasteiger partial charge in [-0.3, -0.25) is 0 Å². The number of hydrogen-bond acceptors (Lipinski definition) is 3. The van der Waals surface area contributed by atoms with Gasteiger partial charge < -0.3 is 15.0 Å². The summed E-state index contributed by atoms with van der Waals surface area (Å²) in [5.74, 6) is 0. The van der Waals surface area contributed by atoms with Gasteiger partial charge in [-0.2, -0.15) is 0 Å². The molecule has 1 fully saturated rings. The van der Waals surface area contributed by atoms with Crippen molar-refractivity contribution in [3.05, 3.63) is 34.5 Å². The van der Waals surface area contributed by atoms with Crippen LogP contribution in [0.5, 0.6) is 0 Å². The number of anilines is 1. The molecule has 0 bridgehead atoms. The minimum atomic E-state index is 0.287. The number of ether oxygens (including phenoxy) is 1. The second-order valence-electron chi connectivity index (χ2n) is 3.68. The minimum absolute atomic E-state index is 0.287. The molecule has 0 N–H and O–H groups in total. The summed E-state index contributed by atoms with van der Waals surface area (Å²) in [5.41, 5.74) is 3.27. The van der Waals surface area contributed by atoms with E-state index in [1.54, 1.807) is 0 Å². The van der Waals surface area contributed by atoms with Gasteiger partial charge in [0, 0.05) is 12.1 Å². The Balaban J connectivity index is 2.06. The maximum atomic E-state index is 11.0. The molecule has 3 heteroatoms. The van der Waals surface area contributed by atoms with E-state index in [0.29, 0.717) is 6.10 Å². The number of epoxide rings is 1. The van der Waals surface area contributed by atoms with Gasteiger partial charge in [-0.25, -0.2) is 0 Å². The zero-order chi connectivity index (χ0) is 9.00. The summed E-state index contributed by atoms with van der Waals surface area (Å²) < 4.78 is 5.39. The van der Waals surface area contributed by atoms with Crippen molar-refractivity contribution in [3.8, 4) is 0 Å². The van der Waals surface area contributed by atoms with E-state index in [-0.39, 0.29) is 6.10 Å². The Labute approximate surface area is 76.5 Å². The first-order valence-electron chi connectivity index (χ1n) is 4.45. The maximum absolute atomic E-state index is 11.0. The smallest absolute Gasteiger partial charge is 0.110 e. The fourth-order valence-electron chi connectivity index (χ4n) is 2.02. The molecule has 1 aromatic rings. The number of nitrogens with zero attached hydrogens (tertiary/aromatic N) is 1. The maximum Gasteiger partial charge on any atom is 0.110 e. The molecule has 0 amide bonds. The highest BCUT2D eigenvalue weighted by molar-refractivity contribution is 5.54. The van der Waals surface area contributed by atoms with Crippen LogP contribution < -0.4 is 5.06 Å². The Morgan fingerprint density at radius 1 is 1.54 bits per heavy atom. The third kappa shape index (κ3) is 0.975. The van der Waals surface area contributed by atoms with Gasteiger partial charge in [0.1, 0.15) is 6.10 Å². The van der Waals surface area contributed by atoms with Gasteiger partial charge in [-0.05, 0) is 30.3 Å². The summed E-state index contributed by atoms with van der Waals surface area (Å²) in [7, 11) is 1.52. The van der Waals surface area contributed by atoms with Crippen LogP contribution in [0.3, 0.4) is 0 Å². The highest BCUT2D eigenvalue weighted by Gasteiger charge is 2.46. The lowest BCUT2D eigenvalue weighted by Crippen LogP contribution is -2.06. The lowest BCUT2D eigenvalue weighted by atomic mass is 10.1. The van der Waals surface area contributed by atoms with E-state index in [4.69, 9.17) is 4.74 Å². The molecule has 0 aromatic heterocycles. The molecule has 0 spiro atoms. The molecule has 2 atom stereocenters. The Morgan fingerprint density at radius 3 is 3.15 bits per heavy atom. The SMILES string of the molecule is CN([O-])c1ccc2c(c1)C1OC1C2. The summed E-state index contributed by atoms with van der Waals surface area (Å²) >= 11 is 0. The third-order valence-corrected chi connectivity index (χ3v) is 2.80. The van der Waals surface area contributed by atoms with Crippen LogP contribution in [0, 0.1) is 5.21 Å². The van der Waals surface area contributed by atoms with Crippen LogP contribution >= 0.6 is 0 Å². The number of benzene rings is 1. The van der Waals surface area contributed by atoms with Crippen molar-refractivity contribution in [3.63, 3.8) is 0 Å². The van der Waals surface area contributed by atoms with Crippen LogP contribution in [0.1, 0.15) is 17.2 Å². The van der Waals surface area contributed by atoms with Crippen LogP contribution in [-0.2, 0) is 11.2 Å². The number of hydrogen-bond donors (Lipinski definition) is 0. The van der Waals surface area contributed by atoms with Gasteiger partial charge in [0.05, 0.1) is 6.10 Å². The van der Waals surface area contributed by atoms with E-state index in [1.807, 2.05) is 18.2 Å². The van der Waals surface area contributed by atoms with Crippen LogP contribution in [0.4, 0.5) is 5.69 Å². The molecular weight excluding hydrogens is 166 g/mol. The first kappa shape index (κ1) is 7.35. The van der Waals surface area contributed by atoms with E-state index >= 15 is 0 Å². The molecule has 2 unspecified atom stereocenters. The first-order chi connectivity index (χ1) is 6.25. The minimum Gasteiger partial charge on any atom is -0.758 e. The zero-order valence-corrected chi connectivity index (χ0v) is 7.36. The van der Waals surface area contributed by atoms with E-state index in [2.05, 4.69) is 0 Å². The molecule has 0 saturated carbocycles. The Morgan fingerprint density at radius 2 is 2.38 bits per heavy atom. The summed E-state index contributed by atoms with van der Waals surface area (Å²) in [5, 5.41) is 11.9. The summed E-state index contributed by atoms with van der Waals surface area (Å²) in [6, 6.07) is 5.85. The van der Waals surface area contributed by atoms with Gasteiger partial charge in [0.25, 0.3) is 0 Å². The molecule has 1 aliphatic carbocycles. The van der Waals surface area contributed by atoms with Crippen LogP contribution in [-0.4, -0.2) is 13.2 Å². The number of hydroxylamine groups is 1. The molecule has 0 radical (unpaired) electrons. The first-order valence-corrected chi connectivity index (χ1v) is 4.45. The molecule has 1 aliphatic heterocycles. The Kier molecular flexibility index (Phi) is 1.27. The summed E-state index contributed by atoms with van der Waals surface area (Å²) in [4.78, 5) is 0. The number of rotatable bonds is 1. The van der Waals surface area contributed by atoms with E-state index in [9.17, 15) is 5.21 Å². The fourth-order valence-corrected chi connectivity index (χ4v) is 2.02. The standard InChI is InChI=1S/C10H10NO2/c1-11(12)7-3-2-6-4-9-10(13-9)8(6)5-7/h2-3,5,9-10H,4H2,1H3/q-1. The summed E-state index contributed by atoms with van der Waals surface area (Å²) in [6.45, 7) is 0. The monoisotopic (exact) mass is 176 g/mol. The van der Waals surface area contributed by atoms with Gasteiger partial charge in [-0.1, -0.05) is 6.07 Å². The third-order valence-electron chi connectivity index (χ3n) is 2.80. The van der Waals surface area contributed by atoms with Crippen molar-refractivity contribution in [2.45, 2.75) is 18.6 Å². The second kappa shape index (κ2) is 2.25. The number of fused-ring (bicyclic) bond motifs is 3. The molecule has 68 valence electrons. The van der Waals surface area contributed by atoms with E-state index in [1.165, 1.54) is 18.2 Å². The molecule has 1 saturated heterocycles. The van der Waals surface area contributed by atoms with Gasteiger partial charge >= 0.3 is 0 Å². The molecule has 1 aromatic carbocycles. The van der Waals surface area contributed by atoms with Gasteiger partial charge in [-0.15, -0.1) is 0 Å². The predicted octanol–water partition coefficient (Wildman–Crippen LogP) is 1.62. The lowest BCUT2D eigenvalue weighted by molar-refractivity contribution is 0.361. The van der Waals surface area contributed by atoms with Crippen LogP contribution in [0.25, 0.3) is 0 Å². The highest BCUT2D eigenvalue weighted by Crippen LogP contribution is 2.49. The van der Waals surface area contributed by atoms with Crippen molar-refractivity contribution in [1.82, 2.24) is 0 Å². The van der Waals surface area contributed by atoms with Crippen molar-refractivity contribution < 1.29 is 4.74 Å². The fraction of sp³-hybridized carbons (Fsp3) is 0.400. The quantitative estimate of drug-likeness (QED) is 0.482. The zero-order valence-electron chi connectivity index (χ0n) is 7.36. The lowest BCUT2D eigenvalue weighted by Gasteiger charge is -2.25. The average Bonchev–Trinajstić information content (AvgIpc) is 2.78. The topological polar surface area (TPSA) is 38.8 Å². The van der Waals surface area contributed by atoms with Crippen molar-refractivity contribution in [2.75, 3.05) is 12.1 Å². The van der Waals surface area contributed by atoms with Crippen molar-refractivity contribution >= 4 is 5.69 Å². The van der Waals surface area contributed by atoms with Crippen molar-refractivity contribution in [1.29, 1.82) is 0 Å². The molecular formula is C10H10NO2-. The van der Waals surface area contributed by atoms with Gasteiger partial charge in [0.15, 0.2) is 0 Å². The average molecular weight is 176 g/mol. The molecule has 3 rings (SSSR count).